The first-order chi connectivity index (χ1) is 8.13. The van der Waals surface area contributed by atoms with Gasteiger partial charge in [-0.3, -0.25) is 9.69 Å². The summed E-state index contributed by atoms with van der Waals surface area (Å²) < 4.78 is 12.6. The molecule has 0 aliphatic carbocycles. The lowest BCUT2D eigenvalue weighted by Crippen LogP contribution is -2.53. The van der Waals surface area contributed by atoms with Crippen molar-refractivity contribution < 1.29 is 14.3 Å². The number of carbonyl (C=O) groups is 1. The van der Waals surface area contributed by atoms with Crippen molar-refractivity contribution in [1.82, 2.24) is 10.2 Å². The third kappa shape index (κ3) is 3.51. The lowest BCUT2D eigenvalue weighted by atomic mass is 10.2. The van der Waals surface area contributed by atoms with E-state index in [4.69, 9.17) is 5.11 Å². The Kier molecular flexibility index (Phi) is 3.71. The zero-order valence-electron chi connectivity index (χ0n) is 9.40. The van der Waals surface area contributed by atoms with Crippen LogP contribution in [-0.2, 0) is 11.3 Å². The fraction of sp³-hybridized carbons (Fsp3) is 0.417. The fourth-order valence-corrected chi connectivity index (χ4v) is 1.73. The van der Waals surface area contributed by atoms with Gasteiger partial charge in [0.2, 0.25) is 5.91 Å². The maximum absolute atomic E-state index is 12.6. The summed E-state index contributed by atoms with van der Waals surface area (Å²) in [5, 5.41) is 11.8. The summed E-state index contributed by atoms with van der Waals surface area (Å²) in [4.78, 5) is 13.4. The number of nitrogens with zero attached hydrogens (tertiary/aromatic N) is 1. The number of nitrogens with one attached hydrogen (secondary N) is 1. The van der Waals surface area contributed by atoms with Gasteiger partial charge >= 0.3 is 0 Å². The lowest BCUT2D eigenvalue weighted by Gasteiger charge is -2.35. The van der Waals surface area contributed by atoms with E-state index in [-0.39, 0.29) is 17.8 Å². The maximum Gasteiger partial charge on any atom is 0.234 e. The highest BCUT2D eigenvalue weighted by molar-refractivity contribution is 5.78. The van der Waals surface area contributed by atoms with Crippen molar-refractivity contribution in [1.29, 1.82) is 0 Å². The van der Waals surface area contributed by atoms with Crippen LogP contribution in [0.3, 0.4) is 0 Å². The van der Waals surface area contributed by atoms with Crippen molar-refractivity contribution >= 4 is 5.91 Å². The summed E-state index contributed by atoms with van der Waals surface area (Å²) in [7, 11) is 0. The van der Waals surface area contributed by atoms with Crippen molar-refractivity contribution in [2.75, 3.05) is 19.6 Å². The molecule has 1 fully saturated rings. The van der Waals surface area contributed by atoms with Crippen molar-refractivity contribution in [3.63, 3.8) is 0 Å². The Balaban J connectivity index is 1.70. The molecule has 0 bridgehead atoms. The minimum atomic E-state index is -0.292. The SMILES string of the molecule is O=C(CN1CC(O)C1)NCc1ccc(F)cc1. The number of rotatable bonds is 4. The Morgan fingerprint density at radius 1 is 1.41 bits per heavy atom. The number of hydrogen-bond donors (Lipinski definition) is 2. The molecule has 1 aliphatic rings. The van der Waals surface area contributed by atoms with Crippen LogP contribution in [0.2, 0.25) is 0 Å². The number of halogens is 1. The molecule has 1 heterocycles. The van der Waals surface area contributed by atoms with Crippen LogP contribution in [0.1, 0.15) is 5.56 Å². The second kappa shape index (κ2) is 5.25. The van der Waals surface area contributed by atoms with Crippen LogP contribution in [0, 0.1) is 5.82 Å². The molecule has 0 aromatic heterocycles. The number of aliphatic hydroxyl groups excluding tert-OH is 1. The second-order valence-corrected chi connectivity index (χ2v) is 4.25. The first-order valence-corrected chi connectivity index (χ1v) is 5.55. The number of likely N-dealkylation sites (tertiary alicyclic amines) is 1. The third-order valence-electron chi connectivity index (χ3n) is 2.71. The summed E-state index contributed by atoms with van der Waals surface area (Å²) in [6.07, 6.45) is -0.292. The van der Waals surface area contributed by atoms with Crippen LogP contribution in [0.5, 0.6) is 0 Å². The molecule has 1 aliphatic heterocycles. The van der Waals surface area contributed by atoms with Gasteiger partial charge in [0, 0.05) is 19.6 Å². The summed E-state index contributed by atoms with van der Waals surface area (Å²) in [5.41, 5.74) is 0.864. The number of aliphatic hydroxyl groups is 1. The number of amides is 1. The number of benzene rings is 1. The summed E-state index contributed by atoms with van der Waals surface area (Å²) in [5.74, 6) is -0.365. The third-order valence-corrected chi connectivity index (χ3v) is 2.71. The van der Waals surface area contributed by atoms with Crippen LogP contribution < -0.4 is 5.32 Å². The number of β-amino-alcohol motifs (C(OH)–C–C–N with tert-alkyl or cyclic N) is 1. The second-order valence-electron chi connectivity index (χ2n) is 4.25. The van der Waals surface area contributed by atoms with Gasteiger partial charge in [-0.2, -0.15) is 0 Å². The molecule has 0 atom stereocenters. The molecule has 17 heavy (non-hydrogen) atoms. The normalized spacial score (nSPS) is 16.6. The van der Waals surface area contributed by atoms with E-state index < -0.39 is 0 Å². The molecule has 0 saturated carbocycles. The Morgan fingerprint density at radius 2 is 2.06 bits per heavy atom. The summed E-state index contributed by atoms with van der Waals surface area (Å²) in [6.45, 7) is 1.82. The van der Waals surface area contributed by atoms with Crippen LogP contribution in [0.4, 0.5) is 4.39 Å². The summed E-state index contributed by atoms with van der Waals surface area (Å²) in [6, 6.07) is 6.02. The van der Waals surface area contributed by atoms with Gasteiger partial charge < -0.3 is 10.4 Å². The van der Waals surface area contributed by atoms with Crippen molar-refractivity contribution in [2.45, 2.75) is 12.6 Å². The van der Waals surface area contributed by atoms with E-state index in [1.165, 1.54) is 12.1 Å². The maximum atomic E-state index is 12.6. The van der Waals surface area contributed by atoms with Gasteiger partial charge in [0.05, 0.1) is 12.6 Å². The van der Waals surface area contributed by atoms with E-state index in [0.717, 1.165) is 5.56 Å². The highest BCUT2D eigenvalue weighted by Crippen LogP contribution is 2.06. The molecule has 1 aromatic carbocycles. The van der Waals surface area contributed by atoms with E-state index in [1.54, 1.807) is 12.1 Å². The van der Waals surface area contributed by atoms with E-state index in [9.17, 15) is 9.18 Å². The smallest absolute Gasteiger partial charge is 0.234 e. The van der Waals surface area contributed by atoms with Crippen LogP contribution >= 0.6 is 0 Å². The van der Waals surface area contributed by atoms with Gasteiger partial charge in [0.15, 0.2) is 0 Å². The average molecular weight is 238 g/mol. The molecule has 1 amide bonds. The van der Waals surface area contributed by atoms with Gasteiger partial charge in [-0.15, -0.1) is 0 Å². The molecular weight excluding hydrogens is 223 g/mol. The predicted octanol–water partition coefficient (Wildman–Crippen LogP) is 0.118. The molecule has 0 unspecified atom stereocenters. The number of hydrogen-bond acceptors (Lipinski definition) is 3. The largest absolute Gasteiger partial charge is 0.390 e. The van der Waals surface area contributed by atoms with Crippen LogP contribution in [0.25, 0.3) is 0 Å². The fourth-order valence-electron chi connectivity index (χ4n) is 1.73. The quantitative estimate of drug-likeness (QED) is 0.783. The minimum Gasteiger partial charge on any atom is -0.390 e. The standard InChI is InChI=1S/C12H15FN2O2/c13-10-3-1-9(2-4-10)5-14-12(17)8-15-6-11(16)7-15/h1-4,11,16H,5-8H2,(H,14,17). The molecule has 2 rings (SSSR count). The molecule has 4 nitrogen and oxygen atoms in total. The van der Waals surface area contributed by atoms with Crippen molar-refractivity contribution in [2.24, 2.45) is 0 Å². The zero-order chi connectivity index (χ0) is 12.3. The molecule has 5 heteroatoms. The van der Waals surface area contributed by atoms with E-state index in [1.807, 2.05) is 4.90 Å². The summed E-state index contributed by atoms with van der Waals surface area (Å²) >= 11 is 0. The van der Waals surface area contributed by atoms with Gasteiger partial charge in [0.1, 0.15) is 5.82 Å². The van der Waals surface area contributed by atoms with Crippen molar-refractivity contribution in [3.05, 3.63) is 35.6 Å². The van der Waals surface area contributed by atoms with Gasteiger partial charge in [-0.25, -0.2) is 4.39 Å². The topological polar surface area (TPSA) is 52.6 Å². The average Bonchev–Trinajstić information content (AvgIpc) is 2.26. The predicted molar refractivity (Wildman–Crippen MR) is 60.7 cm³/mol. The minimum absolute atomic E-state index is 0.0822. The molecule has 92 valence electrons. The Labute approximate surface area is 99.0 Å². The Bertz CT molecular complexity index is 388. The molecular formula is C12H15FN2O2. The highest BCUT2D eigenvalue weighted by atomic mass is 19.1. The van der Waals surface area contributed by atoms with Crippen LogP contribution in [0.15, 0.2) is 24.3 Å². The van der Waals surface area contributed by atoms with Crippen LogP contribution in [-0.4, -0.2) is 41.7 Å². The van der Waals surface area contributed by atoms with E-state index >= 15 is 0 Å². The van der Waals surface area contributed by atoms with E-state index in [2.05, 4.69) is 5.32 Å². The lowest BCUT2D eigenvalue weighted by molar-refractivity contribution is -0.125. The first-order valence-electron chi connectivity index (χ1n) is 5.55. The van der Waals surface area contributed by atoms with Crippen molar-refractivity contribution in [3.8, 4) is 0 Å². The highest BCUT2D eigenvalue weighted by Gasteiger charge is 2.25. The molecule has 0 spiro atoms. The monoisotopic (exact) mass is 238 g/mol. The molecule has 2 N–H and O–H groups in total. The van der Waals surface area contributed by atoms with E-state index in [0.29, 0.717) is 26.2 Å². The first kappa shape index (κ1) is 12.0. The van der Waals surface area contributed by atoms with Gasteiger partial charge in [-0.05, 0) is 17.7 Å². The molecule has 0 radical (unpaired) electrons. The molecule has 1 saturated heterocycles. The van der Waals surface area contributed by atoms with Gasteiger partial charge in [0.25, 0.3) is 0 Å². The zero-order valence-corrected chi connectivity index (χ0v) is 9.40. The van der Waals surface area contributed by atoms with Gasteiger partial charge in [-0.1, -0.05) is 12.1 Å². The Hall–Kier alpha value is -1.46. The molecule has 1 aromatic rings. The number of carbonyl (C=O) groups excluding carboxylic acids is 1. The Morgan fingerprint density at radius 3 is 2.65 bits per heavy atom.